The van der Waals surface area contributed by atoms with Crippen LogP contribution in [0.25, 0.3) is 27.9 Å². The van der Waals surface area contributed by atoms with Crippen LogP contribution in [-0.2, 0) is 6.54 Å². The number of carbonyl (C=O) groups excluding carboxylic acids is 1. The lowest BCUT2D eigenvalue weighted by Gasteiger charge is -2.13. The monoisotopic (exact) mass is 436 g/mol. The molecule has 164 valence electrons. The first-order valence-corrected chi connectivity index (χ1v) is 10.9. The maximum Gasteiger partial charge on any atom is 0.351 e. The van der Waals surface area contributed by atoms with Crippen molar-refractivity contribution in [2.24, 2.45) is 0 Å². The van der Waals surface area contributed by atoms with Crippen molar-refractivity contribution in [1.82, 2.24) is 19.2 Å². The molecular weight excluding hydrogens is 412 g/mol. The molecule has 6 heteroatoms. The molecule has 0 saturated heterocycles. The van der Waals surface area contributed by atoms with Crippen LogP contribution < -0.4 is 5.69 Å². The third kappa shape index (κ3) is 3.53. The van der Waals surface area contributed by atoms with E-state index in [4.69, 9.17) is 0 Å². The number of benzene rings is 3. The van der Waals surface area contributed by atoms with Gasteiger partial charge in [0.05, 0.1) is 12.1 Å². The first-order chi connectivity index (χ1) is 15.8. The Morgan fingerprint density at radius 3 is 2.33 bits per heavy atom. The van der Waals surface area contributed by atoms with Crippen LogP contribution in [0.1, 0.15) is 32.6 Å². The molecule has 33 heavy (non-hydrogen) atoms. The molecule has 0 N–H and O–H groups in total. The summed E-state index contributed by atoms with van der Waals surface area (Å²) >= 11 is 0. The van der Waals surface area contributed by atoms with Crippen molar-refractivity contribution in [1.29, 1.82) is 0 Å². The van der Waals surface area contributed by atoms with Gasteiger partial charge in [-0.3, -0.25) is 9.36 Å². The van der Waals surface area contributed by atoms with Crippen molar-refractivity contribution < 1.29 is 4.79 Å². The molecule has 2 heterocycles. The Hall–Kier alpha value is -4.06. The molecular formula is C27H24N4O2. The van der Waals surface area contributed by atoms with Gasteiger partial charge in [-0.25, -0.2) is 9.78 Å². The van der Waals surface area contributed by atoms with Gasteiger partial charge in [-0.2, -0.15) is 4.52 Å². The summed E-state index contributed by atoms with van der Waals surface area (Å²) in [6.07, 6.45) is 0. The van der Waals surface area contributed by atoms with Gasteiger partial charge in [0.2, 0.25) is 0 Å². The Kier molecular flexibility index (Phi) is 4.93. The predicted octanol–water partition coefficient (Wildman–Crippen LogP) is 4.83. The highest BCUT2D eigenvalue weighted by Crippen LogP contribution is 2.22. The van der Waals surface area contributed by atoms with Crippen molar-refractivity contribution in [2.75, 3.05) is 0 Å². The van der Waals surface area contributed by atoms with Crippen LogP contribution in [0.2, 0.25) is 0 Å². The van der Waals surface area contributed by atoms with Crippen LogP contribution in [0.4, 0.5) is 0 Å². The average Bonchev–Trinajstić information content (AvgIpc) is 3.25. The Labute approximate surface area is 191 Å². The molecule has 3 aromatic carbocycles. The normalized spacial score (nSPS) is 11.4. The van der Waals surface area contributed by atoms with Gasteiger partial charge in [0.15, 0.2) is 17.3 Å². The topological polar surface area (TPSA) is 69.3 Å². The number of para-hydroxylation sites is 1. The van der Waals surface area contributed by atoms with E-state index >= 15 is 0 Å². The van der Waals surface area contributed by atoms with E-state index in [0.29, 0.717) is 22.6 Å². The van der Waals surface area contributed by atoms with Gasteiger partial charge in [-0.1, -0.05) is 48.0 Å². The highest BCUT2D eigenvalue weighted by molar-refractivity contribution is 5.99. The minimum absolute atomic E-state index is 0.0711. The molecule has 0 aliphatic heterocycles. The van der Waals surface area contributed by atoms with Crippen LogP contribution in [-0.4, -0.2) is 24.9 Å². The smallest absolute Gasteiger partial charge is 0.292 e. The largest absolute Gasteiger partial charge is 0.351 e. The van der Waals surface area contributed by atoms with Crippen molar-refractivity contribution in [3.05, 3.63) is 99.0 Å². The Balaban J connectivity index is 1.68. The summed E-state index contributed by atoms with van der Waals surface area (Å²) < 4.78 is 2.80. The number of ketones is 1. The van der Waals surface area contributed by atoms with Crippen LogP contribution in [0.5, 0.6) is 0 Å². The number of rotatable bonds is 4. The van der Waals surface area contributed by atoms with E-state index in [1.54, 1.807) is 0 Å². The summed E-state index contributed by atoms with van der Waals surface area (Å²) in [5.41, 5.74) is 6.46. The minimum atomic E-state index is -0.385. The summed E-state index contributed by atoms with van der Waals surface area (Å²) in [7, 11) is 0. The molecule has 0 amide bonds. The summed E-state index contributed by atoms with van der Waals surface area (Å²) in [5.74, 6) is 0.368. The van der Waals surface area contributed by atoms with Gasteiger partial charge in [0.25, 0.3) is 0 Å². The number of aryl methyl sites for hydroxylation is 4. The zero-order valence-electron chi connectivity index (χ0n) is 19.1. The number of aromatic nitrogens is 4. The molecule has 6 nitrogen and oxygen atoms in total. The lowest BCUT2D eigenvalue weighted by molar-refractivity contribution is 0.0971. The lowest BCUT2D eigenvalue weighted by atomic mass is 9.98. The summed E-state index contributed by atoms with van der Waals surface area (Å²) in [5, 5.41) is 5.28. The fraction of sp³-hybridized carbons (Fsp3) is 0.185. The van der Waals surface area contributed by atoms with Crippen molar-refractivity contribution in [2.45, 2.75) is 34.2 Å². The quantitative estimate of drug-likeness (QED) is 0.379. The van der Waals surface area contributed by atoms with Crippen LogP contribution in [0.15, 0.2) is 65.5 Å². The third-order valence-electron chi connectivity index (χ3n) is 6.21. The summed E-state index contributed by atoms with van der Waals surface area (Å²) in [6, 6.07) is 19.3. The maximum absolute atomic E-state index is 13.5. The SMILES string of the molecule is Cc1ccc(-c2nc3c4ccccc4n(CC(=O)c4cc(C)c(C)cc4C)c(=O)n3n2)cc1. The van der Waals surface area contributed by atoms with Gasteiger partial charge in [0.1, 0.15) is 0 Å². The van der Waals surface area contributed by atoms with Gasteiger partial charge in [0, 0.05) is 16.5 Å². The lowest BCUT2D eigenvalue weighted by Crippen LogP contribution is -2.30. The molecule has 5 rings (SSSR count). The molecule has 0 radical (unpaired) electrons. The third-order valence-corrected chi connectivity index (χ3v) is 6.21. The van der Waals surface area contributed by atoms with Crippen molar-refractivity contribution in [3.8, 4) is 11.4 Å². The zero-order valence-corrected chi connectivity index (χ0v) is 19.1. The van der Waals surface area contributed by atoms with E-state index in [2.05, 4.69) is 10.1 Å². The van der Waals surface area contributed by atoms with Crippen LogP contribution >= 0.6 is 0 Å². The van der Waals surface area contributed by atoms with Gasteiger partial charge in [-0.05, 0) is 62.6 Å². The second-order valence-electron chi connectivity index (χ2n) is 8.60. The van der Waals surface area contributed by atoms with E-state index in [1.165, 1.54) is 9.08 Å². The zero-order chi connectivity index (χ0) is 23.3. The number of Topliss-reactive ketones (excluding diaryl/α,β-unsaturated/α-hetero) is 1. The van der Waals surface area contributed by atoms with E-state index < -0.39 is 0 Å². The number of fused-ring (bicyclic) bond motifs is 3. The molecule has 0 bridgehead atoms. The number of nitrogens with zero attached hydrogens (tertiary/aromatic N) is 4. The van der Waals surface area contributed by atoms with E-state index in [1.807, 2.05) is 88.4 Å². The molecule has 0 fully saturated rings. The van der Waals surface area contributed by atoms with Crippen molar-refractivity contribution in [3.63, 3.8) is 0 Å². The molecule has 5 aromatic rings. The molecule has 0 saturated carbocycles. The van der Waals surface area contributed by atoms with Crippen molar-refractivity contribution >= 4 is 22.3 Å². The predicted molar refractivity (Wildman–Crippen MR) is 130 cm³/mol. The first-order valence-electron chi connectivity index (χ1n) is 10.9. The van der Waals surface area contributed by atoms with Crippen LogP contribution in [0, 0.1) is 27.7 Å². The molecule has 2 aromatic heterocycles. The fourth-order valence-electron chi connectivity index (χ4n) is 4.20. The van der Waals surface area contributed by atoms with Gasteiger partial charge in [-0.15, -0.1) is 5.10 Å². The van der Waals surface area contributed by atoms with E-state index in [9.17, 15) is 9.59 Å². The van der Waals surface area contributed by atoms with E-state index in [0.717, 1.165) is 33.2 Å². The van der Waals surface area contributed by atoms with Gasteiger partial charge >= 0.3 is 5.69 Å². The Morgan fingerprint density at radius 2 is 1.58 bits per heavy atom. The van der Waals surface area contributed by atoms with E-state index in [-0.39, 0.29) is 18.0 Å². The number of carbonyl (C=O) groups is 1. The number of hydrogen-bond acceptors (Lipinski definition) is 4. The summed E-state index contributed by atoms with van der Waals surface area (Å²) in [4.78, 5) is 31.4. The number of hydrogen-bond donors (Lipinski definition) is 0. The van der Waals surface area contributed by atoms with Gasteiger partial charge < -0.3 is 0 Å². The Morgan fingerprint density at radius 1 is 0.879 bits per heavy atom. The molecule has 0 atom stereocenters. The maximum atomic E-state index is 13.5. The minimum Gasteiger partial charge on any atom is -0.292 e. The standard InChI is InChI=1S/C27H24N4O2/c1-16-9-11-20(12-10-16)25-28-26-21-7-5-6-8-23(21)30(27(33)31(26)29-25)15-24(32)22-14-18(3)17(2)13-19(22)4/h5-14H,15H2,1-4H3. The molecule has 0 unspecified atom stereocenters. The second kappa shape index (κ2) is 7.81. The Bertz CT molecular complexity index is 1610. The molecule has 0 spiro atoms. The first kappa shape index (κ1) is 20.8. The average molecular weight is 437 g/mol. The molecule has 0 aliphatic carbocycles. The highest BCUT2D eigenvalue weighted by Gasteiger charge is 2.19. The molecule has 0 aliphatic rings. The fourth-order valence-corrected chi connectivity index (χ4v) is 4.20. The highest BCUT2D eigenvalue weighted by atomic mass is 16.2. The summed E-state index contributed by atoms with van der Waals surface area (Å²) in [6.45, 7) is 7.88. The van der Waals surface area contributed by atoms with Crippen LogP contribution in [0.3, 0.4) is 0 Å². The second-order valence-corrected chi connectivity index (χ2v) is 8.60.